The van der Waals surface area contributed by atoms with Crippen molar-refractivity contribution >= 4 is 6.29 Å². The van der Waals surface area contributed by atoms with Gasteiger partial charge < -0.3 is 9.90 Å². The summed E-state index contributed by atoms with van der Waals surface area (Å²) in [6, 6.07) is 0. The Kier molecular flexibility index (Phi) is 2.86. The van der Waals surface area contributed by atoms with Gasteiger partial charge in [0.1, 0.15) is 6.29 Å². The third-order valence-electron chi connectivity index (χ3n) is 4.13. The van der Waals surface area contributed by atoms with Crippen LogP contribution in [0.2, 0.25) is 0 Å². The number of aliphatic hydroxyl groups is 1. The van der Waals surface area contributed by atoms with Crippen LogP contribution in [-0.2, 0) is 4.79 Å². The van der Waals surface area contributed by atoms with E-state index in [4.69, 9.17) is 0 Å². The molecule has 1 saturated heterocycles. The van der Waals surface area contributed by atoms with Crippen LogP contribution in [0.15, 0.2) is 0 Å². The van der Waals surface area contributed by atoms with Crippen LogP contribution in [0.5, 0.6) is 0 Å². The van der Waals surface area contributed by atoms with Crippen molar-refractivity contribution in [1.82, 2.24) is 4.90 Å². The summed E-state index contributed by atoms with van der Waals surface area (Å²) in [5, 5.41) is 9.61. The van der Waals surface area contributed by atoms with E-state index in [1.807, 2.05) is 13.8 Å². The summed E-state index contributed by atoms with van der Waals surface area (Å²) in [6.45, 7) is 5.97. The summed E-state index contributed by atoms with van der Waals surface area (Å²) < 4.78 is 0. The summed E-state index contributed by atoms with van der Waals surface area (Å²) in [5.41, 5.74) is -0.331. The van der Waals surface area contributed by atoms with Crippen molar-refractivity contribution < 1.29 is 9.90 Å². The van der Waals surface area contributed by atoms with Gasteiger partial charge in [0.2, 0.25) is 0 Å². The molecule has 1 aliphatic heterocycles. The van der Waals surface area contributed by atoms with Gasteiger partial charge in [0.05, 0.1) is 11.6 Å². The molecule has 1 N–H and O–H groups in total. The molecule has 1 saturated carbocycles. The second-order valence-corrected chi connectivity index (χ2v) is 5.66. The van der Waals surface area contributed by atoms with Gasteiger partial charge in [-0.3, -0.25) is 4.90 Å². The summed E-state index contributed by atoms with van der Waals surface area (Å²) in [6.07, 6.45) is 3.93. The molecule has 3 heteroatoms. The Balaban J connectivity index is 2.02. The topological polar surface area (TPSA) is 40.5 Å². The van der Waals surface area contributed by atoms with Crippen LogP contribution in [-0.4, -0.2) is 41.0 Å². The molecule has 15 heavy (non-hydrogen) atoms. The third-order valence-corrected chi connectivity index (χ3v) is 4.13. The second-order valence-electron chi connectivity index (χ2n) is 5.66. The van der Waals surface area contributed by atoms with Gasteiger partial charge in [0.25, 0.3) is 0 Å². The first-order valence-corrected chi connectivity index (χ1v) is 5.92. The Labute approximate surface area is 91.5 Å². The molecule has 86 valence electrons. The van der Waals surface area contributed by atoms with Crippen molar-refractivity contribution in [3.05, 3.63) is 0 Å². The first-order chi connectivity index (χ1) is 7.03. The van der Waals surface area contributed by atoms with Crippen molar-refractivity contribution in [1.29, 1.82) is 0 Å². The highest BCUT2D eigenvalue weighted by Crippen LogP contribution is 2.38. The lowest BCUT2D eigenvalue weighted by Gasteiger charge is -2.30. The van der Waals surface area contributed by atoms with Gasteiger partial charge in [-0.15, -0.1) is 0 Å². The zero-order valence-electron chi connectivity index (χ0n) is 9.65. The van der Waals surface area contributed by atoms with Gasteiger partial charge in [-0.05, 0) is 44.9 Å². The fraction of sp³-hybridized carbons (Fsp3) is 0.917. The largest absolute Gasteiger partial charge is 0.393 e. The molecule has 0 aromatic rings. The predicted octanol–water partition coefficient (Wildman–Crippen LogP) is 1.06. The van der Waals surface area contributed by atoms with Crippen molar-refractivity contribution in [3.63, 3.8) is 0 Å². The zero-order valence-corrected chi connectivity index (χ0v) is 9.65. The lowest BCUT2D eigenvalue weighted by atomic mass is 9.80. The number of carbonyl (C=O) groups excluding carboxylic acids is 1. The summed E-state index contributed by atoms with van der Waals surface area (Å²) in [5.74, 6) is 1.31. The molecule has 2 fully saturated rings. The molecule has 3 atom stereocenters. The molecule has 0 aromatic carbocycles. The van der Waals surface area contributed by atoms with E-state index in [9.17, 15) is 9.90 Å². The van der Waals surface area contributed by atoms with Crippen LogP contribution in [0, 0.1) is 11.8 Å². The minimum atomic E-state index is -0.331. The van der Waals surface area contributed by atoms with E-state index < -0.39 is 0 Å². The predicted molar refractivity (Wildman–Crippen MR) is 58.6 cm³/mol. The van der Waals surface area contributed by atoms with E-state index in [1.165, 1.54) is 0 Å². The van der Waals surface area contributed by atoms with Crippen molar-refractivity contribution in [3.8, 4) is 0 Å². The molecule has 3 nitrogen and oxygen atoms in total. The number of hydrogen-bond acceptors (Lipinski definition) is 3. The molecule has 0 amide bonds. The van der Waals surface area contributed by atoms with Crippen LogP contribution in [0.25, 0.3) is 0 Å². The molecule has 1 aliphatic carbocycles. The number of nitrogens with zero attached hydrogens (tertiary/aromatic N) is 1. The number of rotatable bonds is 2. The molecule has 2 aliphatic rings. The van der Waals surface area contributed by atoms with E-state index in [0.717, 1.165) is 38.6 Å². The van der Waals surface area contributed by atoms with E-state index in [2.05, 4.69) is 4.90 Å². The van der Waals surface area contributed by atoms with E-state index in [0.29, 0.717) is 11.8 Å². The Bertz CT molecular complexity index is 252. The molecule has 0 bridgehead atoms. The van der Waals surface area contributed by atoms with Crippen LogP contribution in [0.4, 0.5) is 0 Å². The number of hydrogen-bond donors (Lipinski definition) is 1. The zero-order chi connectivity index (χ0) is 11.1. The minimum absolute atomic E-state index is 0.106. The van der Waals surface area contributed by atoms with Gasteiger partial charge in [-0.1, -0.05) is 0 Å². The van der Waals surface area contributed by atoms with Crippen molar-refractivity contribution in [2.24, 2.45) is 11.8 Å². The van der Waals surface area contributed by atoms with E-state index in [-0.39, 0.29) is 11.6 Å². The monoisotopic (exact) mass is 211 g/mol. The SMILES string of the molecule is CC(C)(C=O)N1CC2CCC(O)CC2C1. The fourth-order valence-electron chi connectivity index (χ4n) is 2.95. The average Bonchev–Trinajstić information content (AvgIpc) is 2.61. The Morgan fingerprint density at radius 3 is 2.60 bits per heavy atom. The maximum atomic E-state index is 11.0. The highest BCUT2D eigenvalue weighted by Gasteiger charge is 2.41. The number of likely N-dealkylation sites (tertiary alicyclic amines) is 1. The first kappa shape index (κ1) is 11.1. The summed E-state index contributed by atoms with van der Waals surface area (Å²) in [7, 11) is 0. The number of carbonyl (C=O) groups is 1. The first-order valence-electron chi connectivity index (χ1n) is 5.92. The Morgan fingerprint density at radius 2 is 1.93 bits per heavy atom. The summed E-state index contributed by atoms with van der Waals surface area (Å²) >= 11 is 0. The second kappa shape index (κ2) is 3.87. The molecule has 2 rings (SSSR count). The van der Waals surface area contributed by atoms with Gasteiger partial charge in [0.15, 0.2) is 0 Å². The van der Waals surface area contributed by atoms with E-state index >= 15 is 0 Å². The van der Waals surface area contributed by atoms with Crippen LogP contribution < -0.4 is 0 Å². The molecule has 0 aromatic heterocycles. The van der Waals surface area contributed by atoms with Gasteiger partial charge >= 0.3 is 0 Å². The lowest BCUT2D eigenvalue weighted by Crippen LogP contribution is -2.43. The molecule has 0 spiro atoms. The average molecular weight is 211 g/mol. The standard InChI is InChI=1S/C12H21NO2/c1-12(2,8-14)13-6-9-3-4-11(15)5-10(9)7-13/h8-11,15H,3-7H2,1-2H3. The Morgan fingerprint density at radius 1 is 1.27 bits per heavy atom. The molecule has 0 radical (unpaired) electrons. The van der Waals surface area contributed by atoms with Crippen LogP contribution in [0.3, 0.4) is 0 Å². The van der Waals surface area contributed by atoms with Gasteiger partial charge in [-0.25, -0.2) is 0 Å². The molecular weight excluding hydrogens is 190 g/mol. The smallest absolute Gasteiger partial charge is 0.139 e. The fourth-order valence-corrected chi connectivity index (χ4v) is 2.95. The molecular formula is C12H21NO2. The third kappa shape index (κ3) is 2.08. The Hall–Kier alpha value is -0.410. The highest BCUT2D eigenvalue weighted by atomic mass is 16.3. The maximum absolute atomic E-state index is 11.0. The van der Waals surface area contributed by atoms with Crippen LogP contribution >= 0.6 is 0 Å². The van der Waals surface area contributed by atoms with Crippen molar-refractivity contribution in [2.75, 3.05) is 13.1 Å². The van der Waals surface area contributed by atoms with Crippen LogP contribution in [0.1, 0.15) is 33.1 Å². The van der Waals surface area contributed by atoms with Gasteiger partial charge in [-0.2, -0.15) is 0 Å². The van der Waals surface area contributed by atoms with Gasteiger partial charge in [0, 0.05) is 13.1 Å². The quantitative estimate of drug-likeness (QED) is 0.694. The molecule has 3 unspecified atom stereocenters. The summed E-state index contributed by atoms with van der Waals surface area (Å²) in [4.78, 5) is 13.3. The number of aliphatic hydroxyl groups excluding tert-OH is 1. The van der Waals surface area contributed by atoms with Crippen molar-refractivity contribution in [2.45, 2.75) is 44.8 Å². The highest BCUT2D eigenvalue weighted by molar-refractivity contribution is 5.62. The minimum Gasteiger partial charge on any atom is -0.393 e. The number of fused-ring (bicyclic) bond motifs is 1. The molecule has 1 heterocycles. The lowest BCUT2D eigenvalue weighted by molar-refractivity contribution is -0.116. The normalized spacial score (nSPS) is 37.7. The van der Waals surface area contributed by atoms with E-state index in [1.54, 1.807) is 0 Å². The maximum Gasteiger partial charge on any atom is 0.139 e. The number of aldehydes is 1.